The topological polar surface area (TPSA) is 64.6 Å². The summed E-state index contributed by atoms with van der Waals surface area (Å²) in [4.78, 5) is 24.5. The van der Waals surface area contributed by atoms with Gasteiger partial charge in [0.1, 0.15) is 5.75 Å². The van der Waals surface area contributed by atoms with Gasteiger partial charge in [-0.25, -0.2) is 0 Å². The summed E-state index contributed by atoms with van der Waals surface area (Å²) in [6.45, 7) is 12.7. The quantitative estimate of drug-likeness (QED) is 0.279. The maximum Gasteiger partial charge on any atom is 0.310 e. The van der Waals surface area contributed by atoms with E-state index in [0.29, 0.717) is 17.8 Å². The second-order valence-corrected chi connectivity index (χ2v) is 11.5. The zero-order chi connectivity index (χ0) is 27.3. The monoisotopic (exact) mass is 535 g/mol. The first-order valence-electron chi connectivity index (χ1n) is 13.4. The fourth-order valence-electron chi connectivity index (χ4n) is 4.78. The lowest BCUT2D eigenvalue weighted by atomic mass is 9.82. The van der Waals surface area contributed by atoms with Crippen molar-refractivity contribution in [1.29, 1.82) is 0 Å². The Balaban J connectivity index is 1.58. The van der Waals surface area contributed by atoms with Crippen LogP contribution in [0.25, 0.3) is 11.3 Å². The van der Waals surface area contributed by atoms with E-state index in [2.05, 4.69) is 23.7 Å². The van der Waals surface area contributed by atoms with E-state index in [1.807, 2.05) is 63.4 Å². The Morgan fingerprint density at radius 2 is 1.87 bits per heavy atom. The van der Waals surface area contributed by atoms with Crippen molar-refractivity contribution in [3.8, 4) is 17.0 Å². The van der Waals surface area contributed by atoms with Gasteiger partial charge in [-0.05, 0) is 68.9 Å². The summed E-state index contributed by atoms with van der Waals surface area (Å²) >= 11 is 6.08. The van der Waals surface area contributed by atoms with E-state index < -0.39 is 0 Å². The number of aryl methyl sites for hydroxylation is 1. The van der Waals surface area contributed by atoms with Crippen LogP contribution < -0.4 is 9.64 Å². The third-order valence-electron chi connectivity index (χ3n) is 7.05. The molecule has 1 fully saturated rings. The van der Waals surface area contributed by atoms with Crippen LogP contribution in [0.1, 0.15) is 57.4 Å². The highest BCUT2D eigenvalue weighted by Crippen LogP contribution is 2.39. The molecule has 38 heavy (non-hydrogen) atoms. The molecule has 0 aliphatic carbocycles. The molecule has 0 spiro atoms. The second kappa shape index (κ2) is 12.2. The molecule has 1 aliphatic rings. The number of nitrogens with zero attached hydrogens (tertiary/aromatic N) is 3. The lowest BCUT2D eigenvalue weighted by molar-refractivity contribution is -0.146. The van der Waals surface area contributed by atoms with Crippen molar-refractivity contribution in [2.24, 2.45) is 5.41 Å². The molecule has 0 bridgehead atoms. The number of hydrogen-bond donors (Lipinski definition) is 0. The van der Waals surface area contributed by atoms with Crippen molar-refractivity contribution in [1.82, 2.24) is 9.97 Å². The first kappa shape index (κ1) is 27.9. The average Bonchev–Trinajstić information content (AvgIpc) is 2.86. The number of aromatic nitrogens is 2. The standard InChI is InChI=1S/C31H38ClN3O3/c1-21(2)38-29(36)18-26-22(3)33-20-27(30(26)35-14-12-31(4,5)13-15-35)28-10-9-25(19-34-28)37-16-11-23-7-6-8-24(32)17-23/h6-10,17,19-21H,11-16,18H2,1-5H3. The van der Waals surface area contributed by atoms with Gasteiger partial charge < -0.3 is 14.4 Å². The van der Waals surface area contributed by atoms with Crippen molar-refractivity contribution in [2.75, 3.05) is 24.6 Å². The van der Waals surface area contributed by atoms with Crippen LogP contribution in [-0.4, -0.2) is 41.7 Å². The van der Waals surface area contributed by atoms with Crippen molar-refractivity contribution in [3.05, 3.63) is 70.6 Å². The molecule has 1 saturated heterocycles. The summed E-state index contributed by atoms with van der Waals surface area (Å²) in [6, 6.07) is 11.7. The van der Waals surface area contributed by atoms with Gasteiger partial charge in [-0.15, -0.1) is 0 Å². The van der Waals surface area contributed by atoms with Crippen LogP contribution in [0.15, 0.2) is 48.8 Å². The molecule has 2 aromatic heterocycles. The number of esters is 1. The summed E-state index contributed by atoms with van der Waals surface area (Å²) < 4.78 is 11.4. The molecule has 0 unspecified atom stereocenters. The number of halogens is 1. The fourth-order valence-corrected chi connectivity index (χ4v) is 5.00. The molecule has 1 aromatic carbocycles. The lowest BCUT2D eigenvalue weighted by Gasteiger charge is -2.40. The number of carbonyl (C=O) groups is 1. The predicted molar refractivity (Wildman–Crippen MR) is 153 cm³/mol. The molecule has 0 amide bonds. The highest BCUT2D eigenvalue weighted by molar-refractivity contribution is 6.30. The zero-order valence-corrected chi connectivity index (χ0v) is 23.8. The molecule has 0 N–H and O–H groups in total. The van der Waals surface area contributed by atoms with E-state index in [-0.39, 0.29) is 18.5 Å². The number of pyridine rings is 2. The third-order valence-corrected chi connectivity index (χ3v) is 7.28. The van der Waals surface area contributed by atoms with E-state index in [0.717, 1.165) is 71.1 Å². The van der Waals surface area contributed by atoms with Crippen LogP contribution in [0.2, 0.25) is 5.02 Å². The first-order valence-corrected chi connectivity index (χ1v) is 13.8. The average molecular weight is 536 g/mol. The SMILES string of the molecule is Cc1ncc(-c2ccc(OCCc3cccc(Cl)c3)cn2)c(N2CCC(C)(C)CC2)c1CC(=O)OC(C)C. The first-order chi connectivity index (χ1) is 18.1. The molecule has 3 aromatic rings. The normalized spacial score (nSPS) is 15.0. The van der Waals surface area contributed by atoms with Crippen LogP contribution in [0.4, 0.5) is 5.69 Å². The Kier molecular flexibility index (Phi) is 8.93. The van der Waals surface area contributed by atoms with E-state index in [9.17, 15) is 4.79 Å². The molecule has 3 heterocycles. The Bertz CT molecular complexity index is 1250. The van der Waals surface area contributed by atoms with Gasteiger partial charge in [0.05, 0.1) is 36.7 Å². The summed E-state index contributed by atoms with van der Waals surface area (Å²) in [7, 11) is 0. The van der Waals surface area contributed by atoms with Gasteiger partial charge >= 0.3 is 5.97 Å². The number of piperidine rings is 1. The van der Waals surface area contributed by atoms with Gasteiger partial charge in [-0.3, -0.25) is 14.8 Å². The van der Waals surface area contributed by atoms with Crippen molar-refractivity contribution in [3.63, 3.8) is 0 Å². The van der Waals surface area contributed by atoms with E-state index >= 15 is 0 Å². The summed E-state index contributed by atoms with van der Waals surface area (Å²) in [6.07, 6.45) is 6.58. The summed E-state index contributed by atoms with van der Waals surface area (Å²) in [5, 5.41) is 0.727. The van der Waals surface area contributed by atoms with Crippen molar-refractivity contribution < 1.29 is 14.3 Å². The van der Waals surface area contributed by atoms with Crippen LogP contribution in [0.5, 0.6) is 5.75 Å². The van der Waals surface area contributed by atoms with E-state index in [1.165, 1.54) is 0 Å². The Hall–Kier alpha value is -3.12. The molecule has 4 rings (SSSR count). The molecule has 1 aliphatic heterocycles. The minimum absolute atomic E-state index is 0.161. The van der Waals surface area contributed by atoms with E-state index in [4.69, 9.17) is 26.1 Å². The van der Waals surface area contributed by atoms with E-state index in [1.54, 1.807) is 6.20 Å². The molecule has 0 saturated carbocycles. The van der Waals surface area contributed by atoms with Crippen LogP contribution in [0.3, 0.4) is 0 Å². The number of rotatable bonds is 9. The summed E-state index contributed by atoms with van der Waals surface area (Å²) in [5.41, 5.74) is 5.96. The Labute approximate surface area is 231 Å². The Morgan fingerprint density at radius 1 is 1.11 bits per heavy atom. The number of carbonyl (C=O) groups excluding carboxylic acids is 1. The zero-order valence-electron chi connectivity index (χ0n) is 23.1. The van der Waals surface area contributed by atoms with Gasteiger partial charge in [0.15, 0.2) is 0 Å². The largest absolute Gasteiger partial charge is 0.492 e. The molecule has 0 radical (unpaired) electrons. The highest BCUT2D eigenvalue weighted by Gasteiger charge is 2.30. The minimum Gasteiger partial charge on any atom is -0.492 e. The van der Waals surface area contributed by atoms with Crippen LogP contribution in [-0.2, 0) is 22.4 Å². The number of anilines is 1. The summed E-state index contributed by atoms with van der Waals surface area (Å²) in [5.74, 6) is 0.468. The smallest absolute Gasteiger partial charge is 0.310 e. The van der Waals surface area contributed by atoms with Gasteiger partial charge in [-0.1, -0.05) is 37.6 Å². The second-order valence-electron chi connectivity index (χ2n) is 11.1. The molecule has 0 atom stereocenters. The number of ether oxygens (including phenoxy) is 2. The van der Waals surface area contributed by atoms with Gasteiger partial charge in [-0.2, -0.15) is 0 Å². The minimum atomic E-state index is -0.239. The molecule has 202 valence electrons. The maximum atomic E-state index is 12.7. The Morgan fingerprint density at radius 3 is 2.53 bits per heavy atom. The predicted octanol–water partition coefficient (Wildman–Crippen LogP) is 6.85. The maximum absolute atomic E-state index is 12.7. The molecular formula is C31H38ClN3O3. The lowest BCUT2D eigenvalue weighted by Crippen LogP contribution is -2.38. The number of hydrogen-bond acceptors (Lipinski definition) is 6. The van der Waals surface area contributed by atoms with Crippen molar-refractivity contribution >= 4 is 23.3 Å². The highest BCUT2D eigenvalue weighted by atomic mass is 35.5. The third kappa shape index (κ3) is 7.25. The molecular weight excluding hydrogens is 498 g/mol. The van der Waals surface area contributed by atoms with Gasteiger partial charge in [0, 0.05) is 47.6 Å². The van der Waals surface area contributed by atoms with Crippen LogP contribution >= 0.6 is 11.6 Å². The van der Waals surface area contributed by atoms with Gasteiger partial charge in [0.2, 0.25) is 0 Å². The van der Waals surface area contributed by atoms with Crippen LogP contribution in [0, 0.1) is 12.3 Å². The number of benzene rings is 1. The molecule has 6 nitrogen and oxygen atoms in total. The molecule has 7 heteroatoms. The van der Waals surface area contributed by atoms with Gasteiger partial charge in [0.25, 0.3) is 0 Å². The van der Waals surface area contributed by atoms with Crippen molar-refractivity contribution in [2.45, 2.75) is 66.4 Å². The fraction of sp³-hybridized carbons (Fsp3) is 0.452.